The van der Waals surface area contributed by atoms with Crippen molar-refractivity contribution >= 4 is 17.2 Å². The van der Waals surface area contributed by atoms with Crippen LogP contribution in [-0.2, 0) is 0 Å². The summed E-state index contributed by atoms with van der Waals surface area (Å²) in [6, 6.07) is 13.3. The van der Waals surface area contributed by atoms with Gasteiger partial charge >= 0.3 is 0 Å². The van der Waals surface area contributed by atoms with E-state index in [4.69, 9.17) is 5.26 Å². The highest BCUT2D eigenvalue weighted by molar-refractivity contribution is 7.10. The highest BCUT2D eigenvalue weighted by atomic mass is 32.1. The van der Waals surface area contributed by atoms with Gasteiger partial charge in [0.15, 0.2) is 0 Å². The third-order valence-electron chi connectivity index (χ3n) is 3.65. The summed E-state index contributed by atoms with van der Waals surface area (Å²) in [6.45, 7) is 0.807. The number of carbonyl (C=O) groups is 1. The van der Waals surface area contributed by atoms with Crippen LogP contribution in [0.1, 0.15) is 39.7 Å². The number of hydrogen-bond acceptors (Lipinski definition) is 3. The van der Waals surface area contributed by atoms with Crippen molar-refractivity contribution in [1.82, 2.24) is 4.90 Å². The van der Waals surface area contributed by atoms with Crippen LogP contribution in [-0.4, -0.2) is 17.4 Å². The van der Waals surface area contributed by atoms with Crippen molar-refractivity contribution in [2.75, 3.05) is 6.54 Å². The summed E-state index contributed by atoms with van der Waals surface area (Å²) in [7, 11) is 0. The molecule has 1 saturated heterocycles. The topological polar surface area (TPSA) is 44.1 Å². The molecule has 0 radical (unpaired) electrons. The lowest BCUT2D eigenvalue weighted by atomic mass is 10.1. The van der Waals surface area contributed by atoms with Crippen LogP contribution >= 0.6 is 11.3 Å². The monoisotopic (exact) mass is 282 g/mol. The molecule has 20 heavy (non-hydrogen) atoms. The molecule has 0 unspecified atom stereocenters. The van der Waals surface area contributed by atoms with E-state index in [0.29, 0.717) is 11.1 Å². The van der Waals surface area contributed by atoms with E-state index in [1.165, 1.54) is 4.88 Å². The van der Waals surface area contributed by atoms with E-state index in [1.54, 1.807) is 35.6 Å². The summed E-state index contributed by atoms with van der Waals surface area (Å²) in [4.78, 5) is 15.8. The van der Waals surface area contributed by atoms with E-state index >= 15 is 0 Å². The molecule has 1 aromatic carbocycles. The Morgan fingerprint density at radius 2 is 2.10 bits per heavy atom. The Morgan fingerprint density at radius 3 is 2.75 bits per heavy atom. The normalized spacial score (nSPS) is 17.9. The van der Waals surface area contributed by atoms with E-state index in [9.17, 15) is 4.79 Å². The average molecular weight is 282 g/mol. The summed E-state index contributed by atoms with van der Waals surface area (Å²) in [5, 5.41) is 10.9. The van der Waals surface area contributed by atoms with Gasteiger partial charge in [0, 0.05) is 17.0 Å². The van der Waals surface area contributed by atoms with Crippen LogP contribution in [0, 0.1) is 11.3 Å². The fraction of sp³-hybridized carbons (Fsp3) is 0.250. The molecule has 1 aliphatic rings. The quantitative estimate of drug-likeness (QED) is 0.844. The second-order valence-electron chi connectivity index (χ2n) is 4.86. The lowest BCUT2D eigenvalue weighted by molar-refractivity contribution is 0.0738. The number of likely N-dealkylation sites (tertiary alicyclic amines) is 1. The molecule has 3 rings (SSSR count). The summed E-state index contributed by atoms with van der Waals surface area (Å²) in [6.07, 6.45) is 2.08. The SMILES string of the molecule is N#Cc1ccc(C(=O)N2CCC[C@H]2c2cccs2)cc1. The van der Waals surface area contributed by atoms with Gasteiger partial charge in [-0.15, -0.1) is 11.3 Å². The third kappa shape index (κ3) is 2.33. The van der Waals surface area contributed by atoms with Crippen LogP contribution in [0.15, 0.2) is 41.8 Å². The van der Waals surface area contributed by atoms with Crippen molar-refractivity contribution in [3.63, 3.8) is 0 Å². The second-order valence-corrected chi connectivity index (χ2v) is 5.84. The molecule has 1 amide bonds. The van der Waals surface area contributed by atoms with Crippen molar-refractivity contribution in [1.29, 1.82) is 5.26 Å². The highest BCUT2D eigenvalue weighted by Crippen LogP contribution is 2.35. The Morgan fingerprint density at radius 1 is 1.30 bits per heavy atom. The minimum absolute atomic E-state index is 0.0605. The highest BCUT2D eigenvalue weighted by Gasteiger charge is 2.31. The molecule has 0 saturated carbocycles. The maximum absolute atomic E-state index is 12.6. The number of nitrogens with zero attached hydrogens (tertiary/aromatic N) is 2. The lowest BCUT2D eigenvalue weighted by Gasteiger charge is -2.24. The standard InChI is InChI=1S/C16H14N2OS/c17-11-12-5-7-13(8-6-12)16(19)18-9-1-3-14(18)15-4-2-10-20-15/h2,4-8,10,14H,1,3,9H2/t14-/m0/s1. The Balaban J connectivity index is 1.84. The summed E-state index contributed by atoms with van der Waals surface area (Å²) < 4.78 is 0. The molecule has 2 heterocycles. The third-order valence-corrected chi connectivity index (χ3v) is 4.62. The Hall–Kier alpha value is -2.12. The largest absolute Gasteiger partial charge is 0.331 e. The molecule has 0 aliphatic carbocycles. The minimum Gasteiger partial charge on any atom is -0.331 e. The van der Waals surface area contributed by atoms with Gasteiger partial charge in [-0.3, -0.25) is 4.79 Å². The van der Waals surface area contributed by atoms with E-state index in [2.05, 4.69) is 17.5 Å². The van der Waals surface area contributed by atoms with Gasteiger partial charge in [-0.05, 0) is 48.6 Å². The number of hydrogen-bond donors (Lipinski definition) is 0. The van der Waals surface area contributed by atoms with Crippen LogP contribution in [0.3, 0.4) is 0 Å². The van der Waals surface area contributed by atoms with Crippen LogP contribution < -0.4 is 0 Å². The fourth-order valence-corrected chi connectivity index (χ4v) is 3.51. The molecule has 0 spiro atoms. The van der Waals surface area contributed by atoms with Crippen molar-refractivity contribution in [2.24, 2.45) is 0 Å². The first-order valence-electron chi connectivity index (χ1n) is 6.64. The van der Waals surface area contributed by atoms with Crippen molar-refractivity contribution in [3.8, 4) is 6.07 Å². The molecular weight excluding hydrogens is 268 g/mol. The summed E-state index contributed by atoms with van der Waals surface area (Å²) >= 11 is 1.71. The number of nitriles is 1. The summed E-state index contributed by atoms with van der Waals surface area (Å²) in [5.41, 5.74) is 1.24. The zero-order valence-corrected chi connectivity index (χ0v) is 11.8. The van der Waals surface area contributed by atoms with Crippen molar-refractivity contribution < 1.29 is 4.79 Å². The maximum Gasteiger partial charge on any atom is 0.254 e. The van der Waals surface area contributed by atoms with Gasteiger partial charge < -0.3 is 4.90 Å². The van der Waals surface area contributed by atoms with Crippen molar-refractivity contribution in [3.05, 3.63) is 57.8 Å². The van der Waals surface area contributed by atoms with Crippen LogP contribution in [0.25, 0.3) is 0 Å². The Kier molecular flexibility index (Phi) is 3.53. The zero-order valence-electron chi connectivity index (χ0n) is 11.0. The van der Waals surface area contributed by atoms with Gasteiger partial charge in [0.2, 0.25) is 0 Å². The average Bonchev–Trinajstić information content (AvgIpc) is 3.16. The lowest BCUT2D eigenvalue weighted by Crippen LogP contribution is -2.30. The Labute approximate surface area is 122 Å². The van der Waals surface area contributed by atoms with E-state index in [1.807, 2.05) is 11.0 Å². The first-order valence-corrected chi connectivity index (χ1v) is 7.52. The first kappa shape index (κ1) is 12.9. The van der Waals surface area contributed by atoms with E-state index in [-0.39, 0.29) is 11.9 Å². The number of benzene rings is 1. The molecule has 0 bridgehead atoms. The van der Waals surface area contributed by atoms with Gasteiger partial charge in [0.25, 0.3) is 5.91 Å². The molecule has 1 atom stereocenters. The van der Waals surface area contributed by atoms with E-state index < -0.39 is 0 Å². The van der Waals surface area contributed by atoms with Gasteiger partial charge in [-0.25, -0.2) is 0 Å². The number of carbonyl (C=O) groups excluding carboxylic acids is 1. The molecule has 1 aromatic heterocycles. The first-order chi connectivity index (χ1) is 9.79. The zero-order chi connectivity index (χ0) is 13.9. The molecule has 2 aromatic rings. The van der Waals surface area contributed by atoms with Crippen LogP contribution in [0.2, 0.25) is 0 Å². The number of amides is 1. The molecule has 4 heteroatoms. The fourth-order valence-electron chi connectivity index (χ4n) is 2.64. The summed E-state index contributed by atoms with van der Waals surface area (Å²) in [5.74, 6) is 0.0605. The molecule has 1 fully saturated rings. The van der Waals surface area contributed by atoms with Crippen LogP contribution in [0.5, 0.6) is 0 Å². The smallest absolute Gasteiger partial charge is 0.254 e. The van der Waals surface area contributed by atoms with Gasteiger partial charge in [0.05, 0.1) is 17.7 Å². The second kappa shape index (κ2) is 5.48. The predicted molar refractivity (Wildman–Crippen MR) is 78.5 cm³/mol. The van der Waals surface area contributed by atoms with Gasteiger partial charge in [0.1, 0.15) is 0 Å². The molecular formula is C16H14N2OS. The predicted octanol–water partition coefficient (Wildman–Crippen LogP) is 3.60. The van der Waals surface area contributed by atoms with Gasteiger partial charge in [-0.2, -0.15) is 5.26 Å². The molecule has 100 valence electrons. The van der Waals surface area contributed by atoms with E-state index in [0.717, 1.165) is 19.4 Å². The number of rotatable bonds is 2. The van der Waals surface area contributed by atoms with Crippen molar-refractivity contribution in [2.45, 2.75) is 18.9 Å². The van der Waals surface area contributed by atoms with Gasteiger partial charge in [-0.1, -0.05) is 6.07 Å². The number of thiophene rings is 1. The van der Waals surface area contributed by atoms with Crippen LogP contribution in [0.4, 0.5) is 0 Å². The maximum atomic E-state index is 12.6. The minimum atomic E-state index is 0.0605. The molecule has 0 N–H and O–H groups in total. The molecule has 3 nitrogen and oxygen atoms in total. The Bertz CT molecular complexity index is 640. The molecule has 1 aliphatic heterocycles.